The van der Waals surface area contributed by atoms with Gasteiger partial charge in [0.2, 0.25) is 0 Å². The molecule has 1 N–H and O–H groups in total. The second kappa shape index (κ2) is 8.07. The van der Waals surface area contributed by atoms with E-state index in [2.05, 4.69) is 19.0 Å². The van der Waals surface area contributed by atoms with Gasteiger partial charge in [-0.3, -0.25) is 0 Å². The maximum absolute atomic E-state index is 12.0. The quantitative estimate of drug-likeness (QED) is 0.669. The van der Waals surface area contributed by atoms with Gasteiger partial charge in [0.1, 0.15) is 18.3 Å². The average Bonchev–Trinajstić information content (AvgIpc) is 2.91. The van der Waals surface area contributed by atoms with Crippen LogP contribution in [0.15, 0.2) is 18.2 Å². The molecule has 1 amide bonds. The van der Waals surface area contributed by atoms with E-state index in [9.17, 15) is 4.79 Å². The molecule has 1 aliphatic rings. The van der Waals surface area contributed by atoms with Crippen LogP contribution in [0.5, 0.6) is 5.75 Å². The van der Waals surface area contributed by atoms with Crippen LogP contribution in [0.2, 0.25) is 0 Å². The molecule has 0 aliphatic heterocycles. The van der Waals surface area contributed by atoms with Crippen molar-refractivity contribution >= 4 is 6.09 Å². The smallest absolute Gasteiger partial charge is 0.414 e. The molecular weight excluding hydrogens is 300 g/mol. The second-order valence-corrected chi connectivity index (χ2v) is 5.53. The van der Waals surface area contributed by atoms with Crippen molar-refractivity contribution in [2.24, 2.45) is 0 Å². The Hall–Kier alpha value is -1.70. The van der Waals surface area contributed by atoms with E-state index in [4.69, 9.17) is 11.2 Å². The van der Waals surface area contributed by atoms with Crippen LogP contribution in [0.25, 0.3) is 0 Å². The number of rotatable bonds is 4. The summed E-state index contributed by atoms with van der Waals surface area (Å²) < 4.78 is 5.59. The summed E-state index contributed by atoms with van der Waals surface area (Å²) in [5.41, 5.74) is 2.41. The number of aryl methyl sites for hydroxylation is 1. The SMILES string of the molecule is C#CC[NH+](C)C1CCc2cccc(OC(=O)N(C)CC)c21.[Cl-]. The highest BCUT2D eigenvalue weighted by atomic mass is 35.5. The Kier molecular flexibility index (Phi) is 6.73. The fraction of sp³-hybridized carbons (Fsp3) is 0.471. The number of quaternary nitrogens is 1. The number of hydrogen-bond donors (Lipinski definition) is 1. The van der Waals surface area contributed by atoms with Crippen LogP contribution in [0.1, 0.15) is 30.5 Å². The summed E-state index contributed by atoms with van der Waals surface area (Å²) in [5.74, 6) is 3.39. The minimum Gasteiger partial charge on any atom is -1.00 e. The minimum atomic E-state index is -0.314. The van der Waals surface area contributed by atoms with Gasteiger partial charge in [-0.2, -0.15) is 0 Å². The van der Waals surface area contributed by atoms with Crippen molar-refractivity contribution in [1.82, 2.24) is 4.90 Å². The molecule has 0 fully saturated rings. The molecule has 0 heterocycles. The molecule has 1 aliphatic carbocycles. The number of benzene rings is 1. The van der Waals surface area contributed by atoms with Gasteiger partial charge in [0.05, 0.1) is 12.6 Å². The van der Waals surface area contributed by atoms with Gasteiger partial charge in [-0.05, 0) is 30.9 Å². The molecule has 1 aromatic carbocycles. The van der Waals surface area contributed by atoms with Crippen LogP contribution >= 0.6 is 0 Å². The molecule has 2 atom stereocenters. The van der Waals surface area contributed by atoms with Crippen LogP contribution < -0.4 is 22.0 Å². The lowest BCUT2D eigenvalue weighted by Crippen LogP contribution is -3.09. The third kappa shape index (κ3) is 3.73. The fourth-order valence-electron chi connectivity index (χ4n) is 2.81. The van der Waals surface area contributed by atoms with Gasteiger partial charge in [-0.1, -0.05) is 12.1 Å². The number of nitrogens with one attached hydrogen (secondary N) is 1. The van der Waals surface area contributed by atoms with E-state index in [0.29, 0.717) is 24.9 Å². The summed E-state index contributed by atoms with van der Waals surface area (Å²) in [6, 6.07) is 6.24. The number of carbonyl (C=O) groups is 1. The van der Waals surface area contributed by atoms with Crippen LogP contribution in [0.4, 0.5) is 4.79 Å². The van der Waals surface area contributed by atoms with Crippen molar-refractivity contribution < 1.29 is 26.8 Å². The number of amides is 1. The molecule has 22 heavy (non-hydrogen) atoms. The van der Waals surface area contributed by atoms with Crippen LogP contribution in [0, 0.1) is 12.3 Å². The van der Waals surface area contributed by atoms with Crippen molar-refractivity contribution in [2.45, 2.75) is 25.8 Å². The first-order chi connectivity index (χ1) is 10.1. The van der Waals surface area contributed by atoms with E-state index < -0.39 is 0 Å². The van der Waals surface area contributed by atoms with E-state index in [1.54, 1.807) is 11.9 Å². The highest BCUT2D eigenvalue weighted by molar-refractivity contribution is 5.71. The molecule has 0 saturated heterocycles. The van der Waals surface area contributed by atoms with E-state index in [1.165, 1.54) is 10.5 Å². The molecule has 0 aromatic heterocycles. The Morgan fingerprint density at radius 2 is 2.27 bits per heavy atom. The second-order valence-electron chi connectivity index (χ2n) is 5.53. The van der Waals surface area contributed by atoms with Gasteiger partial charge in [0.25, 0.3) is 0 Å². The minimum absolute atomic E-state index is 0. The average molecular weight is 323 g/mol. The van der Waals surface area contributed by atoms with Gasteiger partial charge in [0.15, 0.2) is 0 Å². The van der Waals surface area contributed by atoms with Crippen LogP contribution in [-0.2, 0) is 6.42 Å². The van der Waals surface area contributed by atoms with E-state index >= 15 is 0 Å². The van der Waals surface area contributed by atoms with Crippen molar-refractivity contribution in [2.75, 3.05) is 27.2 Å². The number of nitrogens with zero attached hydrogens (tertiary/aromatic N) is 1. The number of terminal acetylenes is 1. The standard InChI is InChI=1S/C17H22N2O2.ClH/c1-5-12-19(4)14-11-10-13-8-7-9-15(16(13)14)21-17(20)18(3)6-2;/h1,7-9,14H,6,10-12H2,2-4H3;1H. The highest BCUT2D eigenvalue weighted by Crippen LogP contribution is 2.36. The lowest BCUT2D eigenvalue weighted by Gasteiger charge is -2.22. The molecule has 4 nitrogen and oxygen atoms in total. The summed E-state index contributed by atoms with van der Waals surface area (Å²) in [6.07, 6.45) is 7.17. The number of halogens is 1. The van der Waals surface area contributed by atoms with Crippen molar-refractivity contribution in [3.05, 3.63) is 29.3 Å². The Labute approximate surface area is 138 Å². The molecule has 120 valence electrons. The monoisotopic (exact) mass is 322 g/mol. The van der Waals surface area contributed by atoms with Crippen molar-refractivity contribution in [3.8, 4) is 18.1 Å². The molecule has 5 heteroatoms. The molecule has 0 spiro atoms. The maximum atomic E-state index is 12.0. The fourth-order valence-corrected chi connectivity index (χ4v) is 2.81. The Balaban J connectivity index is 0.00000242. The van der Waals surface area contributed by atoms with Crippen molar-refractivity contribution in [1.29, 1.82) is 0 Å². The first kappa shape index (κ1) is 18.3. The first-order valence-electron chi connectivity index (χ1n) is 7.39. The highest BCUT2D eigenvalue weighted by Gasteiger charge is 2.32. The number of fused-ring (bicyclic) bond motifs is 1. The molecule has 0 radical (unpaired) electrons. The summed E-state index contributed by atoms with van der Waals surface area (Å²) in [5, 5.41) is 0. The first-order valence-corrected chi connectivity index (χ1v) is 7.39. The zero-order valence-electron chi connectivity index (χ0n) is 13.4. The molecule has 0 saturated carbocycles. The predicted molar refractivity (Wildman–Crippen MR) is 82.4 cm³/mol. The van der Waals surface area contributed by atoms with Gasteiger partial charge >= 0.3 is 6.09 Å². The molecule has 1 aromatic rings. The van der Waals surface area contributed by atoms with E-state index in [-0.39, 0.29) is 18.5 Å². The zero-order chi connectivity index (χ0) is 15.4. The lowest BCUT2D eigenvalue weighted by atomic mass is 10.1. The molecule has 2 unspecified atom stereocenters. The third-order valence-corrected chi connectivity index (χ3v) is 4.17. The van der Waals surface area contributed by atoms with E-state index in [0.717, 1.165) is 18.4 Å². The van der Waals surface area contributed by atoms with Gasteiger partial charge in [0, 0.05) is 20.0 Å². The topological polar surface area (TPSA) is 34.0 Å². The Morgan fingerprint density at radius 1 is 1.55 bits per heavy atom. The zero-order valence-corrected chi connectivity index (χ0v) is 14.1. The number of ether oxygens (including phenoxy) is 1. The maximum Gasteiger partial charge on any atom is 0.414 e. The molecule has 2 rings (SSSR count). The normalized spacial score (nSPS) is 16.9. The predicted octanol–water partition coefficient (Wildman–Crippen LogP) is -1.72. The summed E-state index contributed by atoms with van der Waals surface area (Å²) in [6.45, 7) is 3.21. The van der Waals surface area contributed by atoms with Crippen LogP contribution in [0.3, 0.4) is 0 Å². The van der Waals surface area contributed by atoms with E-state index in [1.807, 2.05) is 19.1 Å². The third-order valence-electron chi connectivity index (χ3n) is 4.17. The summed E-state index contributed by atoms with van der Waals surface area (Å²) >= 11 is 0. The van der Waals surface area contributed by atoms with Crippen LogP contribution in [-0.4, -0.2) is 38.2 Å². The van der Waals surface area contributed by atoms with Gasteiger partial charge < -0.3 is 26.9 Å². The Morgan fingerprint density at radius 3 is 2.91 bits per heavy atom. The lowest BCUT2D eigenvalue weighted by molar-refractivity contribution is -0.904. The number of hydrogen-bond acceptors (Lipinski definition) is 2. The molecule has 0 bridgehead atoms. The van der Waals surface area contributed by atoms with Gasteiger partial charge in [-0.25, -0.2) is 4.79 Å². The van der Waals surface area contributed by atoms with Gasteiger partial charge in [-0.15, -0.1) is 6.42 Å². The molecular formula is C17H23ClN2O2. The summed E-state index contributed by atoms with van der Waals surface area (Å²) in [4.78, 5) is 14.8. The number of carbonyl (C=O) groups excluding carboxylic acids is 1. The van der Waals surface area contributed by atoms with Crippen molar-refractivity contribution in [3.63, 3.8) is 0 Å². The Bertz CT molecular complexity index is 568. The largest absolute Gasteiger partial charge is 1.00 e. The summed E-state index contributed by atoms with van der Waals surface area (Å²) in [7, 11) is 3.83.